The van der Waals surface area contributed by atoms with Gasteiger partial charge in [0.1, 0.15) is 17.0 Å². The molecule has 3 heterocycles. The highest BCUT2D eigenvalue weighted by atomic mass is 16.5. The summed E-state index contributed by atoms with van der Waals surface area (Å²) >= 11 is 0. The van der Waals surface area contributed by atoms with E-state index >= 15 is 0 Å². The fourth-order valence-electron chi connectivity index (χ4n) is 3.08. The normalized spacial score (nSPS) is 11.3. The van der Waals surface area contributed by atoms with Gasteiger partial charge in [0.25, 0.3) is 0 Å². The second-order valence-electron chi connectivity index (χ2n) is 6.41. The first-order chi connectivity index (χ1) is 13.8. The van der Waals surface area contributed by atoms with E-state index in [0.29, 0.717) is 28.5 Å². The number of hydrogen-bond donors (Lipinski definition) is 1. The van der Waals surface area contributed by atoms with Crippen LogP contribution in [0.25, 0.3) is 33.5 Å². The van der Waals surface area contributed by atoms with Crippen molar-refractivity contribution < 1.29 is 18.3 Å². The molecule has 1 amide bonds. The Kier molecular flexibility index (Phi) is 3.90. The number of rotatable bonds is 5. The highest BCUT2D eigenvalue weighted by molar-refractivity contribution is 5.86. The Morgan fingerprint density at radius 2 is 1.71 bits per heavy atom. The molecule has 1 N–H and O–H groups in total. The van der Waals surface area contributed by atoms with E-state index in [1.165, 1.54) is 0 Å². The maximum absolute atomic E-state index is 12.3. The summed E-state index contributed by atoms with van der Waals surface area (Å²) in [4.78, 5) is 12.3. The molecule has 0 atom stereocenters. The first kappa shape index (κ1) is 16.3. The highest BCUT2D eigenvalue weighted by Gasteiger charge is 2.14. The van der Waals surface area contributed by atoms with E-state index < -0.39 is 0 Å². The maximum atomic E-state index is 12.3. The molecular weight excluding hydrogens is 358 g/mol. The van der Waals surface area contributed by atoms with E-state index in [-0.39, 0.29) is 18.9 Å². The Hall–Kier alpha value is -3.87. The summed E-state index contributed by atoms with van der Waals surface area (Å²) in [5.74, 6) is 0.940. The van der Waals surface area contributed by atoms with Gasteiger partial charge in [-0.2, -0.15) is 0 Å². The number of fused-ring (bicyclic) bond motifs is 2. The average molecular weight is 373 g/mol. The number of carbonyl (C=O) groups excluding carboxylic acids is 1. The standard InChI is InChI=1S/C21H15N3O4/c25-21(11-16-15-6-2-4-8-18(15)27-24-16)22-12-14-10-20(28-23-14)19-9-13-5-1-3-7-17(13)26-19/h1-10H,11-12H2,(H,22,25). The highest BCUT2D eigenvalue weighted by Crippen LogP contribution is 2.28. The van der Waals surface area contributed by atoms with Crippen LogP contribution in [0.2, 0.25) is 0 Å². The van der Waals surface area contributed by atoms with Crippen LogP contribution < -0.4 is 5.32 Å². The van der Waals surface area contributed by atoms with Crippen LogP contribution in [0.3, 0.4) is 0 Å². The van der Waals surface area contributed by atoms with Gasteiger partial charge >= 0.3 is 0 Å². The molecule has 7 heteroatoms. The van der Waals surface area contributed by atoms with Crippen LogP contribution in [0.1, 0.15) is 11.4 Å². The number of amides is 1. The molecule has 0 aliphatic rings. The Morgan fingerprint density at radius 1 is 0.893 bits per heavy atom. The number of hydrogen-bond acceptors (Lipinski definition) is 6. The molecule has 0 spiro atoms. The predicted molar refractivity (Wildman–Crippen MR) is 101 cm³/mol. The number of nitrogens with zero attached hydrogens (tertiary/aromatic N) is 2. The molecule has 138 valence electrons. The van der Waals surface area contributed by atoms with Gasteiger partial charge in [0, 0.05) is 16.8 Å². The smallest absolute Gasteiger partial charge is 0.226 e. The van der Waals surface area contributed by atoms with E-state index in [9.17, 15) is 4.79 Å². The molecule has 0 aliphatic carbocycles. The number of para-hydroxylation sites is 2. The van der Waals surface area contributed by atoms with Crippen LogP contribution in [0.15, 0.2) is 74.1 Å². The third-order valence-corrected chi connectivity index (χ3v) is 4.47. The topological polar surface area (TPSA) is 94.3 Å². The fraction of sp³-hybridized carbons (Fsp3) is 0.0952. The van der Waals surface area contributed by atoms with Gasteiger partial charge in [-0.3, -0.25) is 4.79 Å². The van der Waals surface area contributed by atoms with E-state index in [4.69, 9.17) is 13.5 Å². The van der Waals surface area contributed by atoms with Gasteiger partial charge in [-0.15, -0.1) is 0 Å². The molecule has 0 saturated carbocycles. The van der Waals surface area contributed by atoms with Crippen LogP contribution in [0.5, 0.6) is 0 Å². The van der Waals surface area contributed by atoms with Gasteiger partial charge < -0.3 is 18.8 Å². The molecule has 28 heavy (non-hydrogen) atoms. The summed E-state index contributed by atoms with van der Waals surface area (Å²) in [6.45, 7) is 0.248. The Morgan fingerprint density at radius 3 is 2.61 bits per heavy atom. The van der Waals surface area contributed by atoms with Crippen molar-refractivity contribution in [2.75, 3.05) is 0 Å². The fourth-order valence-corrected chi connectivity index (χ4v) is 3.08. The van der Waals surface area contributed by atoms with Gasteiger partial charge in [-0.25, -0.2) is 0 Å². The third-order valence-electron chi connectivity index (χ3n) is 4.47. The van der Waals surface area contributed by atoms with Crippen molar-refractivity contribution >= 4 is 27.8 Å². The molecule has 0 unspecified atom stereocenters. The minimum absolute atomic E-state index is 0.130. The molecule has 3 aromatic heterocycles. The number of carbonyl (C=O) groups is 1. The second kappa shape index (κ2) is 6.70. The summed E-state index contributed by atoms with van der Waals surface area (Å²) in [6, 6.07) is 18.8. The van der Waals surface area contributed by atoms with Crippen molar-refractivity contribution in [3.05, 3.63) is 72.1 Å². The molecule has 0 radical (unpaired) electrons. The van der Waals surface area contributed by atoms with Crippen molar-refractivity contribution in [3.63, 3.8) is 0 Å². The van der Waals surface area contributed by atoms with Gasteiger partial charge in [0.15, 0.2) is 11.3 Å². The summed E-state index contributed by atoms with van der Waals surface area (Å²) in [5.41, 5.74) is 2.66. The zero-order valence-corrected chi connectivity index (χ0v) is 14.7. The van der Waals surface area contributed by atoms with E-state index in [1.54, 1.807) is 6.07 Å². The minimum Gasteiger partial charge on any atom is -0.453 e. The molecule has 5 aromatic rings. The van der Waals surface area contributed by atoms with Crippen LogP contribution in [-0.4, -0.2) is 16.2 Å². The van der Waals surface area contributed by atoms with Crippen LogP contribution in [0, 0.1) is 0 Å². The van der Waals surface area contributed by atoms with E-state index in [2.05, 4.69) is 15.6 Å². The zero-order chi connectivity index (χ0) is 18.9. The summed E-state index contributed by atoms with van der Waals surface area (Å²) < 4.78 is 16.3. The first-order valence-electron chi connectivity index (χ1n) is 8.81. The van der Waals surface area contributed by atoms with Crippen molar-refractivity contribution in [1.29, 1.82) is 0 Å². The minimum atomic E-state index is -0.174. The summed E-state index contributed by atoms with van der Waals surface area (Å²) in [7, 11) is 0. The summed E-state index contributed by atoms with van der Waals surface area (Å²) in [5, 5.41) is 12.6. The van der Waals surface area contributed by atoms with Crippen LogP contribution in [-0.2, 0) is 17.8 Å². The number of aromatic nitrogens is 2. The second-order valence-corrected chi connectivity index (χ2v) is 6.41. The maximum Gasteiger partial charge on any atom is 0.226 e. The Bertz CT molecular complexity index is 1250. The number of furan rings is 1. The molecule has 0 bridgehead atoms. The molecule has 0 aliphatic heterocycles. The lowest BCUT2D eigenvalue weighted by molar-refractivity contribution is -0.120. The molecule has 7 nitrogen and oxygen atoms in total. The molecular formula is C21H15N3O4. The molecule has 2 aromatic carbocycles. The number of nitrogens with one attached hydrogen (secondary N) is 1. The molecule has 0 saturated heterocycles. The van der Waals surface area contributed by atoms with Crippen LogP contribution in [0.4, 0.5) is 0 Å². The first-order valence-corrected chi connectivity index (χ1v) is 8.81. The largest absolute Gasteiger partial charge is 0.453 e. The van der Waals surface area contributed by atoms with E-state index in [0.717, 1.165) is 16.4 Å². The average Bonchev–Trinajstić information content (AvgIpc) is 3.44. The lowest BCUT2D eigenvalue weighted by Gasteiger charge is -2.00. The van der Waals surface area contributed by atoms with E-state index in [1.807, 2.05) is 54.6 Å². The predicted octanol–water partition coefficient (Wildman–Crippen LogP) is 4.09. The molecule has 5 rings (SSSR count). The molecule has 0 fully saturated rings. The van der Waals surface area contributed by atoms with Gasteiger partial charge in [-0.05, 0) is 24.3 Å². The quantitative estimate of drug-likeness (QED) is 0.499. The number of benzene rings is 2. The zero-order valence-electron chi connectivity index (χ0n) is 14.7. The Balaban J connectivity index is 1.25. The van der Waals surface area contributed by atoms with Gasteiger partial charge in [0.2, 0.25) is 11.7 Å². The Labute approximate surface area is 158 Å². The SMILES string of the molecule is O=C(Cc1noc2ccccc12)NCc1cc(-c2cc3ccccc3o2)on1. The lowest BCUT2D eigenvalue weighted by Crippen LogP contribution is -2.24. The lowest BCUT2D eigenvalue weighted by atomic mass is 10.1. The van der Waals surface area contributed by atoms with Gasteiger partial charge in [-0.1, -0.05) is 40.6 Å². The van der Waals surface area contributed by atoms with Crippen molar-refractivity contribution in [1.82, 2.24) is 15.6 Å². The van der Waals surface area contributed by atoms with Crippen molar-refractivity contribution in [2.45, 2.75) is 13.0 Å². The van der Waals surface area contributed by atoms with Crippen molar-refractivity contribution in [3.8, 4) is 11.5 Å². The van der Waals surface area contributed by atoms with Crippen LogP contribution >= 0.6 is 0 Å². The van der Waals surface area contributed by atoms with Crippen molar-refractivity contribution in [2.24, 2.45) is 0 Å². The third kappa shape index (κ3) is 3.03. The summed E-state index contributed by atoms with van der Waals surface area (Å²) in [6.07, 6.45) is 0.130. The van der Waals surface area contributed by atoms with Gasteiger partial charge in [0.05, 0.1) is 13.0 Å². The monoisotopic (exact) mass is 373 g/mol.